The predicted molar refractivity (Wildman–Crippen MR) is 56.2 cm³/mol. The molecule has 0 unspecified atom stereocenters. The van der Waals surface area contributed by atoms with Gasteiger partial charge in [-0.1, -0.05) is 0 Å². The Morgan fingerprint density at radius 3 is 2.39 bits per heavy atom. The molecule has 0 aliphatic rings. The van der Waals surface area contributed by atoms with E-state index in [1.807, 2.05) is 0 Å². The third-order valence-corrected chi connectivity index (χ3v) is 2.15. The number of rotatable bonds is 3. The Kier molecular flexibility index (Phi) is 3.24. The number of aromatic nitrogens is 2. The van der Waals surface area contributed by atoms with Gasteiger partial charge in [-0.3, -0.25) is 0 Å². The van der Waals surface area contributed by atoms with E-state index in [9.17, 15) is 13.2 Å². The van der Waals surface area contributed by atoms with Crippen LogP contribution in [-0.4, -0.2) is 21.2 Å². The Morgan fingerprint density at radius 2 is 1.89 bits per heavy atom. The summed E-state index contributed by atoms with van der Waals surface area (Å²) in [5.74, 6) is -0.291. The Labute approximate surface area is 100 Å². The smallest absolute Gasteiger partial charge is 0.406 e. The fraction of sp³-hybridized carbons (Fsp3) is 0.182. The van der Waals surface area contributed by atoms with Crippen molar-refractivity contribution in [2.45, 2.75) is 13.0 Å². The van der Waals surface area contributed by atoms with Gasteiger partial charge < -0.3 is 9.84 Å². The topological polar surface area (TPSA) is 47.3 Å². The van der Waals surface area contributed by atoms with E-state index in [1.165, 1.54) is 35.1 Å². The van der Waals surface area contributed by atoms with E-state index in [4.69, 9.17) is 5.11 Å². The van der Waals surface area contributed by atoms with E-state index in [0.29, 0.717) is 11.3 Å². The van der Waals surface area contributed by atoms with Crippen molar-refractivity contribution >= 4 is 0 Å². The van der Waals surface area contributed by atoms with Crippen LogP contribution in [0.5, 0.6) is 5.75 Å². The van der Waals surface area contributed by atoms with Gasteiger partial charge in [0, 0.05) is 11.8 Å². The average molecular weight is 258 g/mol. The Morgan fingerprint density at radius 1 is 1.22 bits per heavy atom. The second-order valence-electron chi connectivity index (χ2n) is 3.49. The lowest BCUT2D eigenvalue weighted by Crippen LogP contribution is -2.17. The second kappa shape index (κ2) is 4.69. The van der Waals surface area contributed by atoms with Crippen LogP contribution in [-0.2, 0) is 6.61 Å². The molecule has 0 saturated carbocycles. The number of aliphatic hydroxyl groups is 1. The van der Waals surface area contributed by atoms with Gasteiger partial charge in [-0.2, -0.15) is 5.10 Å². The van der Waals surface area contributed by atoms with Crippen molar-refractivity contribution in [3.63, 3.8) is 0 Å². The highest BCUT2D eigenvalue weighted by molar-refractivity contribution is 5.37. The zero-order valence-corrected chi connectivity index (χ0v) is 9.05. The maximum atomic E-state index is 11.9. The molecule has 0 aliphatic carbocycles. The summed E-state index contributed by atoms with van der Waals surface area (Å²) < 4.78 is 41.0. The molecule has 0 amide bonds. The fourth-order valence-corrected chi connectivity index (χ4v) is 1.38. The number of alkyl halides is 3. The minimum absolute atomic E-state index is 0.144. The first-order valence-corrected chi connectivity index (χ1v) is 4.98. The summed E-state index contributed by atoms with van der Waals surface area (Å²) in [5, 5.41) is 12.8. The summed E-state index contributed by atoms with van der Waals surface area (Å²) in [5.41, 5.74) is 1.19. The van der Waals surface area contributed by atoms with Gasteiger partial charge in [0.1, 0.15) is 5.75 Å². The molecule has 0 atom stereocenters. The van der Waals surface area contributed by atoms with Crippen molar-refractivity contribution in [3.05, 3.63) is 42.2 Å². The molecule has 0 aliphatic heterocycles. The highest BCUT2D eigenvalue weighted by Gasteiger charge is 2.30. The Hall–Kier alpha value is -2.02. The molecular formula is C11H9F3N2O2. The maximum Gasteiger partial charge on any atom is 0.573 e. The maximum absolute atomic E-state index is 11.9. The molecule has 0 bridgehead atoms. The second-order valence-corrected chi connectivity index (χ2v) is 3.49. The van der Waals surface area contributed by atoms with Crippen molar-refractivity contribution in [3.8, 4) is 11.4 Å². The number of nitrogens with zero attached hydrogens (tertiary/aromatic N) is 2. The Balaban J connectivity index is 2.17. The van der Waals surface area contributed by atoms with E-state index in [0.717, 1.165) is 0 Å². The van der Waals surface area contributed by atoms with Gasteiger partial charge in [0.2, 0.25) is 0 Å². The van der Waals surface area contributed by atoms with Gasteiger partial charge in [0.25, 0.3) is 0 Å². The van der Waals surface area contributed by atoms with E-state index in [1.54, 1.807) is 6.20 Å². The number of aliphatic hydroxyl groups excluding tert-OH is 1. The minimum Gasteiger partial charge on any atom is -0.406 e. The van der Waals surface area contributed by atoms with E-state index in [2.05, 4.69) is 9.84 Å². The molecule has 1 aromatic carbocycles. The van der Waals surface area contributed by atoms with Gasteiger partial charge in [0.15, 0.2) is 0 Å². The molecule has 96 valence electrons. The first-order valence-electron chi connectivity index (χ1n) is 4.98. The van der Waals surface area contributed by atoms with Crippen LogP contribution in [0.25, 0.3) is 5.69 Å². The zero-order valence-electron chi connectivity index (χ0n) is 9.05. The number of benzene rings is 1. The number of ether oxygens (including phenoxy) is 1. The first kappa shape index (κ1) is 12.4. The average Bonchev–Trinajstić information content (AvgIpc) is 2.76. The molecule has 1 N–H and O–H groups in total. The van der Waals surface area contributed by atoms with Gasteiger partial charge in [0.05, 0.1) is 18.5 Å². The van der Waals surface area contributed by atoms with Crippen LogP contribution in [0, 0.1) is 0 Å². The van der Waals surface area contributed by atoms with Gasteiger partial charge >= 0.3 is 6.36 Å². The van der Waals surface area contributed by atoms with Gasteiger partial charge in [-0.15, -0.1) is 13.2 Å². The molecule has 1 heterocycles. The van der Waals surface area contributed by atoms with Crippen molar-refractivity contribution in [1.82, 2.24) is 9.78 Å². The van der Waals surface area contributed by atoms with Crippen LogP contribution in [0.3, 0.4) is 0 Å². The summed E-state index contributed by atoms with van der Waals surface area (Å²) in [6.07, 6.45) is -1.64. The van der Waals surface area contributed by atoms with Crippen LogP contribution >= 0.6 is 0 Å². The molecule has 4 nitrogen and oxygen atoms in total. The summed E-state index contributed by atoms with van der Waals surface area (Å²) >= 11 is 0. The Bertz CT molecular complexity index is 520. The molecule has 0 radical (unpaired) electrons. The largest absolute Gasteiger partial charge is 0.573 e. The summed E-state index contributed by atoms with van der Waals surface area (Å²) in [7, 11) is 0. The first-order chi connectivity index (χ1) is 8.48. The van der Waals surface area contributed by atoms with Gasteiger partial charge in [-0.25, -0.2) is 4.68 Å². The van der Waals surface area contributed by atoms with Gasteiger partial charge in [-0.05, 0) is 24.3 Å². The van der Waals surface area contributed by atoms with Crippen molar-refractivity contribution < 1.29 is 23.0 Å². The summed E-state index contributed by atoms with van der Waals surface area (Å²) in [4.78, 5) is 0. The number of hydrogen-bond donors (Lipinski definition) is 1. The third kappa shape index (κ3) is 3.01. The minimum atomic E-state index is -4.70. The molecule has 1 aromatic heterocycles. The highest BCUT2D eigenvalue weighted by atomic mass is 19.4. The van der Waals surface area contributed by atoms with Crippen LogP contribution in [0.1, 0.15) is 5.56 Å². The van der Waals surface area contributed by atoms with Crippen LogP contribution in [0.4, 0.5) is 13.2 Å². The molecule has 2 rings (SSSR count). The molecule has 2 aromatic rings. The molecule has 7 heteroatoms. The lowest BCUT2D eigenvalue weighted by atomic mass is 10.3. The number of hydrogen-bond acceptors (Lipinski definition) is 3. The van der Waals surface area contributed by atoms with Crippen LogP contribution in [0.15, 0.2) is 36.7 Å². The fourth-order valence-electron chi connectivity index (χ4n) is 1.38. The predicted octanol–water partition coefficient (Wildman–Crippen LogP) is 2.26. The monoisotopic (exact) mass is 258 g/mol. The molecule has 0 spiro atoms. The molecule has 18 heavy (non-hydrogen) atoms. The summed E-state index contributed by atoms with van der Waals surface area (Å²) in [6.45, 7) is -0.144. The van der Waals surface area contributed by atoms with Crippen molar-refractivity contribution in [1.29, 1.82) is 0 Å². The van der Waals surface area contributed by atoms with Crippen molar-refractivity contribution in [2.75, 3.05) is 0 Å². The van der Waals surface area contributed by atoms with E-state index < -0.39 is 6.36 Å². The van der Waals surface area contributed by atoms with E-state index in [-0.39, 0.29) is 12.4 Å². The molecule has 0 fully saturated rings. The normalized spacial score (nSPS) is 11.6. The quantitative estimate of drug-likeness (QED) is 0.918. The standard InChI is InChI=1S/C11H9F3N2O2/c12-11(13,14)18-10-3-1-9(2-4-10)16-6-8(7-17)5-15-16/h1-6,17H,7H2. The van der Waals surface area contributed by atoms with E-state index >= 15 is 0 Å². The lowest BCUT2D eigenvalue weighted by molar-refractivity contribution is -0.274. The number of halogens is 3. The molecular weight excluding hydrogens is 249 g/mol. The van der Waals surface area contributed by atoms with Crippen LogP contribution < -0.4 is 4.74 Å². The lowest BCUT2D eigenvalue weighted by Gasteiger charge is -2.09. The third-order valence-electron chi connectivity index (χ3n) is 2.15. The molecule has 0 saturated heterocycles. The SMILES string of the molecule is OCc1cnn(-c2ccc(OC(F)(F)F)cc2)c1. The van der Waals surface area contributed by atoms with Crippen molar-refractivity contribution in [2.24, 2.45) is 0 Å². The zero-order chi connectivity index (χ0) is 13.2. The highest BCUT2D eigenvalue weighted by Crippen LogP contribution is 2.23. The van der Waals surface area contributed by atoms with Crippen LogP contribution in [0.2, 0.25) is 0 Å². The summed E-state index contributed by atoms with van der Waals surface area (Å²) in [6, 6.07) is 5.27.